The van der Waals surface area contributed by atoms with E-state index in [1.807, 2.05) is 6.07 Å². The number of nitrogens with one attached hydrogen (secondary N) is 1. The van der Waals surface area contributed by atoms with Crippen LogP contribution in [0, 0.1) is 3.57 Å². The van der Waals surface area contributed by atoms with Gasteiger partial charge in [0, 0.05) is 12.0 Å². The molecule has 0 amide bonds. The Labute approximate surface area is 145 Å². The molecule has 3 nitrogen and oxygen atoms in total. The van der Waals surface area contributed by atoms with Gasteiger partial charge in [0.25, 0.3) is 0 Å². The van der Waals surface area contributed by atoms with Gasteiger partial charge in [-0.3, -0.25) is 0 Å². The van der Waals surface area contributed by atoms with Gasteiger partial charge in [-0.05, 0) is 57.6 Å². The van der Waals surface area contributed by atoms with Crippen LogP contribution in [0.4, 0.5) is 5.82 Å². The predicted octanol–water partition coefficient (Wildman–Crippen LogP) is 5.30. The first-order valence-electron chi connectivity index (χ1n) is 6.40. The number of rotatable bonds is 3. The van der Waals surface area contributed by atoms with Crippen molar-refractivity contribution in [1.82, 2.24) is 9.97 Å². The largest absolute Gasteiger partial charge is 0.369 e. The zero-order valence-corrected chi connectivity index (χ0v) is 16.5. The molecule has 20 heavy (non-hydrogen) atoms. The maximum absolute atomic E-state index is 4.80. The second-order valence-corrected chi connectivity index (χ2v) is 8.98. The van der Waals surface area contributed by atoms with Crippen molar-refractivity contribution in [3.63, 3.8) is 0 Å². The van der Waals surface area contributed by atoms with Crippen LogP contribution in [0.15, 0.2) is 15.9 Å². The summed E-state index contributed by atoms with van der Waals surface area (Å²) in [5.74, 6) is 1.72. The fourth-order valence-electron chi connectivity index (χ4n) is 1.77. The Kier molecular flexibility index (Phi) is 5.07. The van der Waals surface area contributed by atoms with Crippen LogP contribution in [0.3, 0.4) is 0 Å². The molecule has 0 atom stereocenters. The quantitative estimate of drug-likeness (QED) is 0.625. The Morgan fingerprint density at radius 3 is 2.50 bits per heavy atom. The second-order valence-electron chi connectivity index (χ2n) is 5.44. The third-order valence-electron chi connectivity index (χ3n) is 2.70. The number of hydrogen-bond acceptors (Lipinski definition) is 4. The summed E-state index contributed by atoms with van der Waals surface area (Å²) in [5.41, 5.74) is 1.08. The highest BCUT2D eigenvalue weighted by atomic mass is 127. The molecule has 0 saturated heterocycles. The number of halogens is 2. The molecule has 0 fully saturated rings. The van der Waals surface area contributed by atoms with Crippen molar-refractivity contribution in [3.05, 3.63) is 25.2 Å². The Hall–Kier alpha value is -0.210. The van der Waals surface area contributed by atoms with Crippen LogP contribution in [-0.2, 0) is 5.41 Å². The molecule has 2 aromatic heterocycles. The van der Waals surface area contributed by atoms with E-state index >= 15 is 0 Å². The van der Waals surface area contributed by atoms with Gasteiger partial charge in [-0.2, -0.15) is 0 Å². The molecule has 0 unspecified atom stereocenters. The lowest BCUT2D eigenvalue weighted by Crippen LogP contribution is -2.18. The van der Waals surface area contributed by atoms with E-state index in [2.05, 4.69) is 82.6 Å². The molecule has 0 aliphatic heterocycles. The molecule has 0 aliphatic rings. The fourth-order valence-corrected chi connectivity index (χ4v) is 4.33. The fraction of sp³-hybridized carbons (Fsp3) is 0.429. The summed E-state index contributed by atoms with van der Waals surface area (Å²) in [6.07, 6.45) is 0. The van der Waals surface area contributed by atoms with Gasteiger partial charge in [0.05, 0.1) is 17.9 Å². The number of hydrogen-bond donors (Lipinski definition) is 1. The number of aromatic nitrogens is 2. The highest BCUT2D eigenvalue weighted by Gasteiger charge is 2.23. The van der Waals surface area contributed by atoms with Crippen molar-refractivity contribution in [1.29, 1.82) is 0 Å². The third-order valence-corrected chi connectivity index (χ3v) is 5.34. The van der Waals surface area contributed by atoms with Crippen molar-refractivity contribution in [2.75, 3.05) is 11.9 Å². The van der Waals surface area contributed by atoms with Crippen molar-refractivity contribution in [3.8, 4) is 10.7 Å². The lowest BCUT2D eigenvalue weighted by atomic mass is 9.92. The topological polar surface area (TPSA) is 37.8 Å². The molecular weight excluding hydrogens is 449 g/mol. The highest BCUT2D eigenvalue weighted by molar-refractivity contribution is 14.1. The smallest absolute Gasteiger partial charge is 0.171 e. The molecule has 2 rings (SSSR count). The van der Waals surface area contributed by atoms with Gasteiger partial charge >= 0.3 is 0 Å². The molecule has 0 spiro atoms. The summed E-state index contributed by atoms with van der Waals surface area (Å²) in [4.78, 5) is 10.6. The maximum atomic E-state index is 4.80. The van der Waals surface area contributed by atoms with Crippen molar-refractivity contribution >= 4 is 55.7 Å². The van der Waals surface area contributed by atoms with Gasteiger partial charge < -0.3 is 5.32 Å². The van der Waals surface area contributed by atoms with Gasteiger partial charge in [-0.15, -0.1) is 11.3 Å². The molecule has 0 bridgehead atoms. The highest BCUT2D eigenvalue weighted by Crippen LogP contribution is 2.34. The van der Waals surface area contributed by atoms with Crippen LogP contribution < -0.4 is 5.32 Å². The summed E-state index contributed by atoms with van der Waals surface area (Å²) in [6.45, 7) is 9.48. The van der Waals surface area contributed by atoms with Gasteiger partial charge in [0.1, 0.15) is 5.82 Å². The summed E-state index contributed by atoms with van der Waals surface area (Å²) in [6, 6.07) is 4.09. The minimum absolute atomic E-state index is 0.00707. The number of thiophene rings is 1. The van der Waals surface area contributed by atoms with E-state index in [4.69, 9.17) is 4.98 Å². The minimum atomic E-state index is -0.00707. The molecule has 0 radical (unpaired) electrons. The minimum Gasteiger partial charge on any atom is -0.369 e. The van der Waals surface area contributed by atoms with Crippen molar-refractivity contribution in [2.45, 2.75) is 33.1 Å². The molecule has 2 heterocycles. The molecule has 108 valence electrons. The van der Waals surface area contributed by atoms with Crippen LogP contribution in [0.5, 0.6) is 0 Å². The summed E-state index contributed by atoms with van der Waals surface area (Å²) < 4.78 is 2.20. The van der Waals surface area contributed by atoms with Crippen molar-refractivity contribution in [2.24, 2.45) is 0 Å². The second kappa shape index (κ2) is 6.27. The lowest BCUT2D eigenvalue weighted by Gasteiger charge is -2.21. The average Bonchev–Trinajstić information content (AvgIpc) is 2.77. The van der Waals surface area contributed by atoms with Crippen LogP contribution >= 0.6 is 49.9 Å². The summed E-state index contributed by atoms with van der Waals surface area (Å²) in [7, 11) is 0. The van der Waals surface area contributed by atoms with Crippen molar-refractivity contribution < 1.29 is 0 Å². The normalized spacial score (nSPS) is 11.7. The lowest BCUT2D eigenvalue weighted by molar-refractivity contribution is 0.564. The third kappa shape index (κ3) is 3.51. The van der Waals surface area contributed by atoms with Crippen LogP contribution in [0.2, 0.25) is 0 Å². The monoisotopic (exact) mass is 465 g/mol. The number of nitrogens with zero attached hydrogens (tertiary/aromatic N) is 2. The molecular formula is C14H17BrIN3S. The molecule has 2 aromatic rings. The number of anilines is 1. The van der Waals surface area contributed by atoms with Crippen LogP contribution in [0.25, 0.3) is 10.7 Å². The standard InChI is InChI=1S/C14H17BrIN3S/c1-5-17-13-10(16)11(14(2,3)4)18-12(19-13)8-6-7-9(15)20-8/h6-7H,5H2,1-4H3,(H,17,18,19). The molecule has 0 aliphatic carbocycles. The Morgan fingerprint density at radius 2 is 2.00 bits per heavy atom. The van der Waals surface area contributed by atoms with Gasteiger partial charge in [0.2, 0.25) is 0 Å². The summed E-state index contributed by atoms with van der Waals surface area (Å²) in [5, 5.41) is 3.34. The van der Waals surface area contributed by atoms with E-state index in [1.165, 1.54) is 0 Å². The first kappa shape index (κ1) is 16.2. The molecule has 1 N–H and O–H groups in total. The van der Waals surface area contributed by atoms with E-state index in [0.717, 1.165) is 36.1 Å². The van der Waals surface area contributed by atoms with Crippen LogP contribution in [-0.4, -0.2) is 16.5 Å². The Balaban J connectivity index is 2.61. The Bertz CT molecular complexity index is 619. The van der Waals surface area contributed by atoms with Gasteiger partial charge in [-0.25, -0.2) is 9.97 Å². The van der Waals surface area contributed by atoms with Gasteiger partial charge in [0.15, 0.2) is 5.82 Å². The van der Waals surface area contributed by atoms with E-state index in [9.17, 15) is 0 Å². The van der Waals surface area contributed by atoms with E-state index in [-0.39, 0.29) is 5.41 Å². The zero-order valence-electron chi connectivity index (χ0n) is 11.9. The molecule has 0 saturated carbocycles. The first-order chi connectivity index (χ1) is 9.32. The van der Waals surface area contributed by atoms with E-state index in [1.54, 1.807) is 11.3 Å². The Morgan fingerprint density at radius 1 is 1.30 bits per heavy atom. The van der Waals surface area contributed by atoms with E-state index in [0.29, 0.717) is 0 Å². The van der Waals surface area contributed by atoms with E-state index < -0.39 is 0 Å². The average molecular weight is 466 g/mol. The maximum Gasteiger partial charge on any atom is 0.171 e. The SMILES string of the molecule is CCNc1nc(-c2ccc(Br)s2)nc(C(C)(C)C)c1I. The first-order valence-corrected chi connectivity index (χ1v) is 9.09. The summed E-state index contributed by atoms with van der Waals surface area (Å²) >= 11 is 7.49. The molecule has 6 heteroatoms. The predicted molar refractivity (Wildman–Crippen MR) is 98.6 cm³/mol. The van der Waals surface area contributed by atoms with Crippen LogP contribution in [0.1, 0.15) is 33.4 Å². The molecule has 0 aromatic carbocycles. The van der Waals surface area contributed by atoms with Gasteiger partial charge in [-0.1, -0.05) is 20.8 Å². The zero-order chi connectivity index (χ0) is 14.9.